The van der Waals surface area contributed by atoms with Crippen molar-refractivity contribution in [1.82, 2.24) is 4.98 Å². The first kappa shape index (κ1) is 15.5. The summed E-state index contributed by atoms with van der Waals surface area (Å²) in [4.78, 5) is 5.50. The molecule has 2 aliphatic rings. The van der Waals surface area contributed by atoms with Crippen molar-refractivity contribution in [3.8, 4) is 6.07 Å². The van der Waals surface area contributed by atoms with Gasteiger partial charge in [-0.25, -0.2) is 0 Å². The summed E-state index contributed by atoms with van der Waals surface area (Å²) in [5, 5.41) is 9.51. The Morgan fingerprint density at radius 3 is 2.73 bits per heavy atom. The van der Waals surface area contributed by atoms with Crippen LogP contribution in [-0.4, -0.2) is 36.9 Å². The molecule has 1 aromatic rings. The fourth-order valence-corrected chi connectivity index (χ4v) is 3.37. The van der Waals surface area contributed by atoms with Gasteiger partial charge in [-0.1, -0.05) is 19.1 Å². The van der Waals surface area contributed by atoms with Crippen LogP contribution in [0.4, 0.5) is 5.82 Å². The van der Waals surface area contributed by atoms with Crippen LogP contribution >= 0.6 is 12.2 Å². The van der Waals surface area contributed by atoms with E-state index in [2.05, 4.69) is 29.8 Å². The molecule has 1 fully saturated rings. The highest BCUT2D eigenvalue weighted by atomic mass is 32.1. The van der Waals surface area contributed by atoms with Crippen LogP contribution < -0.4 is 4.90 Å². The minimum atomic E-state index is -0.218. The molecule has 0 amide bonds. The maximum absolute atomic E-state index is 9.51. The minimum Gasteiger partial charge on any atom is -0.378 e. The van der Waals surface area contributed by atoms with E-state index < -0.39 is 0 Å². The van der Waals surface area contributed by atoms with Crippen molar-refractivity contribution in [2.24, 2.45) is 0 Å². The van der Waals surface area contributed by atoms with E-state index in [1.807, 2.05) is 0 Å². The number of aromatic nitrogens is 1. The van der Waals surface area contributed by atoms with Crippen LogP contribution in [0.3, 0.4) is 0 Å². The standard InChI is InChI=1S/C16H21N3O2S/c1-3-16(2)8-11-12(9-17)15(22)18-14(13(11)10-21-16)19-4-6-20-7-5-19/h3-8,10H2,1-2H3,(H,18,22)/t16-/m1/s1. The molecule has 0 aliphatic carbocycles. The van der Waals surface area contributed by atoms with E-state index in [1.54, 1.807) is 0 Å². The van der Waals surface area contributed by atoms with Crippen molar-refractivity contribution < 1.29 is 9.47 Å². The highest BCUT2D eigenvalue weighted by Crippen LogP contribution is 2.36. The number of ether oxygens (including phenoxy) is 2. The topological polar surface area (TPSA) is 61.3 Å². The zero-order valence-electron chi connectivity index (χ0n) is 13.1. The Kier molecular flexibility index (Phi) is 4.22. The van der Waals surface area contributed by atoms with E-state index >= 15 is 0 Å². The summed E-state index contributed by atoms with van der Waals surface area (Å²) in [6, 6.07) is 2.28. The predicted molar refractivity (Wildman–Crippen MR) is 86.6 cm³/mol. The van der Waals surface area contributed by atoms with Gasteiger partial charge in [0, 0.05) is 25.1 Å². The smallest absolute Gasteiger partial charge is 0.123 e. The number of morpholine rings is 1. The zero-order valence-corrected chi connectivity index (χ0v) is 13.9. The summed E-state index contributed by atoms with van der Waals surface area (Å²) < 4.78 is 12.0. The number of H-pyrrole nitrogens is 1. The number of pyridine rings is 1. The molecule has 6 heteroatoms. The van der Waals surface area contributed by atoms with Gasteiger partial charge in [0.05, 0.1) is 31.0 Å². The predicted octanol–water partition coefficient (Wildman–Crippen LogP) is 2.69. The molecular weight excluding hydrogens is 298 g/mol. The van der Waals surface area contributed by atoms with Crippen molar-refractivity contribution >= 4 is 18.0 Å². The molecule has 2 aliphatic heterocycles. The van der Waals surface area contributed by atoms with Crippen molar-refractivity contribution in [2.45, 2.75) is 38.9 Å². The Labute approximate surface area is 135 Å². The number of fused-ring (bicyclic) bond motifs is 1. The number of nitrogens with zero attached hydrogens (tertiary/aromatic N) is 2. The molecule has 0 unspecified atom stereocenters. The first-order valence-corrected chi connectivity index (χ1v) is 8.13. The Balaban J connectivity index is 2.11. The van der Waals surface area contributed by atoms with E-state index in [1.165, 1.54) is 0 Å². The third-order valence-corrected chi connectivity index (χ3v) is 5.02. The van der Waals surface area contributed by atoms with Crippen molar-refractivity contribution in [3.05, 3.63) is 21.3 Å². The molecular formula is C16H21N3O2S. The third-order valence-electron chi connectivity index (χ3n) is 4.71. The first-order chi connectivity index (χ1) is 10.6. The molecule has 118 valence electrons. The highest BCUT2D eigenvalue weighted by Gasteiger charge is 2.34. The van der Waals surface area contributed by atoms with Crippen molar-refractivity contribution in [3.63, 3.8) is 0 Å². The second-order valence-electron chi connectivity index (χ2n) is 6.11. The lowest BCUT2D eigenvalue weighted by atomic mass is 9.86. The SMILES string of the molecule is CC[C@]1(C)Cc2c(c(N3CCOCC3)[nH]c(=S)c2C#N)CO1. The highest BCUT2D eigenvalue weighted by molar-refractivity contribution is 7.71. The molecule has 0 bridgehead atoms. The molecule has 1 saturated heterocycles. The van der Waals surface area contributed by atoms with Gasteiger partial charge in [0.25, 0.3) is 0 Å². The van der Waals surface area contributed by atoms with E-state index in [9.17, 15) is 5.26 Å². The molecule has 1 atom stereocenters. The molecule has 3 heterocycles. The number of anilines is 1. The molecule has 0 radical (unpaired) electrons. The maximum Gasteiger partial charge on any atom is 0.123 e. The molecule has 22 heavy (non-hydrogen) atoms. The summed E-state index contributed by atoms with van der Waals surface area (Å²) >= 11 is 5.43. The van der Waals surface area contributed by atoms with Gasteiger partial charge in [-0.15, -0.1) is 0 Å². The summed E-state index contributed by atoms with van der Waals surface area (Å²) in [7, 11) is 0. The van der Waals surface area contributed by atoms with Gasteiger partial charge in [0.2, 0.25) is 0 Å². The number of aromatic amines is 1. The van der Waals surface area contributed by atoms with Gasteiger partial charge in [-0.3, -0.25) is 0 Å². The number of hydrogen-bond donors (Lipinski definition) is 1. The summed E-state index contributed by atoms with van der Waals surface area (Å²) in [6.45, 7) is 7.82. The average molecular weight is 319 g/mol. The fourth-order valence-electron chi connectivity index (χ4n) is 3.10. The lowest BCUT2D eigenvalue weighted by Crippen LogP contribution is -2.40. The lowest BCUT2D eigenvalue weighted by Gasteiger charge is -2.38. The van der Waals surface area contributed by atoms with E-state index in [4.69, 9.17) is 21.7 Å². The van der Waals surface area contributed by atoms with Gasteiger partial charge >= 0.3 is 0 Å². The summed E-state index contributed by atoms with van der Waals surface area (Å²) in [6.07, 6.45) is 1.65. The summed E-state index contributed by atoms with van der Waals surface area (Å²) in [5.41, 5.74) is 2.52. The second kappa shape index (κ2) is 5.99. The molecule has 0 aromatic carbocycles. The Morgan fingerprint density at radius 2 is 2.09 bits per heavy atom. The number of hydrogen-bond acceptors (Lipinski definition) is 5. The van der Waals surface area contributed by atoms with Crippen LogP contribution in [0.15, 0.2) is 0 Å². The fraction of sp³-hybridized carbons (Fsp3) is 0.625. The zero-order chi connectivity index (χ0) is 15.7. The van der Waals surface area contributed by atoms with Gasteiger partial charge in [-0.2, -0.15) is 5.26 Å². The van der Waals surface area contributed by atoms with E-state index in [0.29, 0.717) is 30.0 Å². The van der Waals surface area contributed by atoms with Crippen molar-refractivity contribution in [1.29, 1.82) is 5.26 Å². The van der Waals surface area contributed by atoms with Crippen LogP contribution in [0.25, 0.3) is 0 Å². The Morgan fingerprint density at radius 1 is 1.36 bits per heavy atom. The monoisotopic (exact) mass is 319 g/mol. The minimum absolute atomic E-state index is 0.218. The molecule has 5 nitrogen and oxygen atoms in total. The molecule has 0 saturated carbocycles. The van der Waals surface area contributed by atoms with Crippen LogP contribution in [-0.2, 0) is 22.5 Å². The van der Waals surface area contributed by atoms with E-state index in [-0.39, 0.29) is 5.60 Å². The van der Waals surface area contributed by atoms with Gasteiger partial charge in [0.15, 0.2) is 0 Å². The normalized spacial score (nSPS) is 24.7. The lowest BCUT2D eigenvalue weighted by molar-refractivity contribution is -0.0564. The van der Waals surface area contributed by atoms with Crippen LogP contribution in [0, 0.1) is 16.0 Å². The third kappa shape index (κ3) is 2.65. The van der Waals surface area contributed by atoms with E-state index in [0.717, 1.165) is 42.9 Å². The second-order valence-corrected chi connectivity index (χ2v) is 6.52. The van der Waals surface area contributed by atoms with Crippen LogP contribution in [0.5, 0.6) is 0 Å². The van der Waals surface area contributed by atoms with Gasteiger partial charge in [0.1, 0.15) is 16.5 Å². The Bertz CT molecular complexity index is 673. The molecule has 0 spiro atoms. The molecule has 1 aromatic heterocycles. The number of rotatable bonds is 2. The number of nitriles is 1. The Hall–Kier alpha value is -1.42. The van der Waals surface area contributed by atoms with Crippen LogP contribution in [0.1, 0.15) is 37.0 Å². The summed E-state index contributed by atoms with van der Waals surface area (Å²) in [5.74, 6) is 1.00. The van der Waals surface area contributed by atoms with Crippen molar-refractivity contribution in [2.75, 3.05) is 31.2 Å². The van der Waals surface area contributed by atoms with Crippen LogP contribution in [0.2, 0.25) is 0 Å². The largest absolute Gasteiger partial charge is 0.378 e. The molecule has 1 N–H and O–H groups in total. The van der Waals surface area contributed by atoms with Gasteiger partial charge < -0.3 is 19.4 Å². The average Bonchev–Trinajstić information content (AvgIpc) is 2.55. The number of nitrogens with one attached hydrogen (secondary N) is 1. The first-order valence-electron chi connectivity index (χ1n) is 7.73. The molecule has 3 rings (SSSR count). The van der Waals surface area contributed by atoms with Gasteiger partial charge in [-0.05, 0) is 18.9 Å². The quantitative estimate of drug-likeness (QED) is 0.849. The maximum atomic E-state index is 9.51.